The number of rotatable bonds is 6. The Morgan fingerprint density at radius 1 is 1.24 bits per heavy atom. The molecule has 0 unspecified atom stereocenters. The first kappa shape index (κ1) is 21.5. The van der Waals surface area contributed by atoms with Crippen LogP contribution in [0.5, 0.6) is 5.75 Å². The number of amides is 1. The molecule has 0 N–H and O–H groups in total. The van der Waals surface area contributed by atoms with E-state index in [2.05, 4.69) is 21.3 Å². The van der Waals surface area contributed by atoms with Crippen molar-refractivity contribution in [3.05, 3.63) is 59.1 Å². The van der Waals surface area contributed by atoms with E-state index in [9.17, 15) is 9.18 Å². The molecule has 0 atom stereocenters. The molecule has 0 radical (unpaired) electrons. The highest BCUT2D eigenvalue weighted by molar-refractivity contribution is 5.81. The zero-order chi connectivity index (χ0) is 22.9. The highest BCUT2D eigenvalue weighted by Crippen LogP contribution is 2.31. The number of hydrogen-bond acceptors (Lipinski definition) is 6. The van der Waals surface area contributed by atoms with E-state index in [-0.39, 0.29) is 11.7 Å². The van der Waals surface area contributed by atoms with Gasteiger partial charge in [-0.2, -0.15) is 0 Å². The molecule has 2 aromatic heterocycles. The van der Waals surface area contributed by atoms with Gasteiger partial charge in [-0.1, -0.05) is 6.08 Å². The molecule has 0 spiro atoms. The lowest BCUT2D eigenvalue weighted by atomic mass is 9.99. The quantitative estimate of drug-likeness (QED) is 0.573. The first-order chi connectivity index (χ1) is 16.0. The third kappa shape index (κ3) is 4.20. The maximum Gasteiger partial charge on any atom is 0.237 e. The molecule has 0 aliphatic carbocycles. The number of ether oxygens (including phenoxy) is 1. The van der Waals surface area contributed by atoms with Gasteiger partial charge in [-0.05, 0) is 50.2 Å². The van der Waals surface area contributed by atoms with Crippen LogP contribution in [0.25, 0.3) is 11.2 Å². The van der Waals surface area contributed by atoms with E-state index < -0.39 is 0 Å². The van der Waals surface area contributed by atoms with Crippen LogP contribution in [0.15, 0.2) is 30.7 Å². The van der Waals surface area contributed by atoms with Crippen molar-refractivity contribution in [2.45, 2.75) is 25.7 Å². The molecule has 1 amide bonds. The Bertz CT molecular complexity index is 1240. The third-order valence-electron chi connectivity index (χ3n) is 6.31. The predicted molar refractivity (Wildman–Crippen MR) is 122 cm³/mol. The van der Waals surface area contributed by atoms with Gasteiger partial charge in [0.05, 0.1) is 13.2 Å². The summed E-state index contributed by atoms with van der Waals surface area (Å²) >= 11 is 0. The molecule has 2 aliphatic rings. The normalized spacial score (nSPS) is 15.6. The van der Waals surface area contributed by atoms with Crippen molar-refractivity contribution in [2.24, 2.45) is 0 Å². The van der Waals surface area contributed by atoms with E-state index in [4.69, 9.17) is 4.74 Å². The molecule has 0 fully saturated rings. The lowest BCUT2D eigenvalue weighted by molar-refractivity contribution is -0.131. The summed E-state index contributed by atoms with van der Waals surface area (Å²) < 4.78 is 22.0. The zero-order valence-electron chi connectivity index (χ0n) is 18.9. The van der Waals surface area contributed by atoms with Gasteiger partial charge in [-0.3, -0.25) is 9.20 Å². The molecule has 4 heterocycles. The minimum atomic E-state index is -0.198. The van der Waals surface area contributed by atoms with Crippen LogP contribution in [0.2, 0.25) is 0 Å². The van der Waals surface area contributed by atoms with Gasteiger partial charge in [0.25, 0.3) is 0 Å². The summed E-state index contributed by atoms with van der Waals surface area (Å²) in [6.45, 7) is 2.25. The fourth-order valence-corrected chi connectivity index (χ4v) is 4.61. The SMILES string of the molecule is CN(C)CC(=O)N1CC=C(c2cnc(CCc3c(F)ccc4c3CCO4)n3cnnc23)CC1. The average molecular weight is 451 g/mol. The van der Waals surface area contributed by atoms with Crippen LogP contribution in [0.4, 0.5) is 4.39 Å². The summed E-state index contributed by atoms with van der Waals surface area (Å²) in [5.74, 6) is 1.50. The number of carbonyl (C=O) groups excluding carboxylic acids is 1. The Morgan fingerprint density at radius 3 is 2.91 bits per heavy atom. The molecule has 1 aromatic carbocycles. The van der Waals surface area contributed by atoms with E-state index >= 15 is 0 Å². The fourth-order valence-electron chi connectivity index (χ4n) is 4.61. The van der Waals surface area contributed by atoms with Crippen molar-refractivity contribution in [1.29, 1.82) is 0 Å². The monoisotopic (exact) mass is 450 g/mol. The maximum absolute atomic E-state index is 14.5. The van der Waals surface area contributed by atoms with Crippen LogP contribution in [0.1, 0.15) is 28.9 Å². The lowest BCUT2D eigenvalue weighted by Gasteiger charge is -2.27. The Morgan fingerprint density at radius 2 is 2.12 bits per heavy atom. The van der Waals surface area contributed by atoms with E-state index in [0.29, 0.717) is 44.6 Å². The molecule has 8 nitrogen and oxygen atoms in total. The zero-order valence-corrected chi connectivity index (χ0v) is 18.9. The average Bonchev–Trinajstić information content (AvgIpc) is 3.48. The molecule has 9 heteroatoms. The summed E-state index contributed by atoms with van der Waals surface area (Å²) in [6, 6.07) is 3.19. The Balaban J connectivity index is 1.35. The first-order valence-electron chi connectivity index (χ1n) is 11.2. The summed E-state index contributed by atoms with van der Waals surface area (Å²) in [5.41, 5.74) is 4.45. The molecule has 3 aromatic rings. The van der Waals surface area contributed by atoms with E-state index in [0.717, 1.165) is 46.8 Å². The molecular formula is C24H27FN6O2. The molecule has 0 bridgehead atoms. The number of benzene rings is 1. The lowest BCUT2D eigenvalue weighted by Crippen LogP contribution is -2.40. The van der Waals surface area contributed by atoms with Gasteiger partial charge >= 0.3 is 0 Å². The van der Waals surface area contributed by atoms with Gasteiger partial charge in [-0.25, -0.2) is 9.37 Å². The van der Waals surface area contributed by atoms with Crippen LogP contribution in [0, 0.1) is 5.82 Å². The van der Waals surface area contributed by atoms with Gasteiger partial charge in [0.2, 0.25) is 5.91 Å². The van der Waals surface area contributed by atoms with Crippen molar-refractivity contribution < 1.29 is 13.9 Å². The van der Waals surface area contributed by atoms with Crippen molar-refractivity contribution in [1.82, 2.24) is 29.4 Å². The largest absolute Gasteiger partial charge is 0.493 e. The minimum absolute atomic E-state index is 0.126. The van der Waals surface area contributed by atoms with Gasteiger partial charge in [0, 0.05) is 43.3 Å². The summed E-state index contributed by atoms with van der Waals surface area (Å²) in [5, 5.41) is 8.43. The van der Waals surface area contributed by atoms with E-state index in [1.807, 2.05) is 34.5 Å². The van der Waals surface area contributed by atoms with Gasteiger partial charge < -0.3 is 14.5 Å². The summed E-state index contributed by atoms with van der Waals surface area (Å²) in [7, 11) is 3.79. The van der Waals surface area contributed by atoms with Crippen LogP contribution in [0.3, 0.4) is 0 Å². The Labute approximate surface area is 191 Å². The first-order valence-corrected chi connectivity index (χ1v) is 11.2. The number of aromatic nitrogens is 4. The topological polar surface area (TPSA) is 75.9 Å². The second-order valence-electron chi connectivity index (χ2n) is 8.77. The molecule has 5 rings (SSSR count). The van der Waals surface area contributed by atoms with E-state index in [1.54, 1.807) is 12.4 Å². The Kier molecular flexibility index (Phi) is 5.80. The number of hydrogen-bond donors (Lipinski definition) is 0. The van der Waals surface area contributed by atoms with Crippen molar-refractivity contribution in [3.63, 3.8) is 0 Å². The third-order valence-corrected chi connectivity index (χ3v) is 6.31. The minimum Gasteiger partial charge on any atom is -0.493 e. The second-order valence-corrected chi connectivity index (χ2v) is 8.77. The Hall–Kier alpha value is -3.33. The molecule has 2 aliphatic heterocycles. The maximum atomic E-state index is 14.5. The van der Waals surface area contributed by atoms with Crippen LogP contribution in [-0.2, 0) is 24.1 Å². The number of halogens is 1. The second kappa shape index (κ2) is 8.90. The number of aryl methyl sites for hydroxylation is 1. The van der Waals surface area contributed by atoms with Crippen LogP contribution in [-0.4, -0.2) is 75.6 Å². The number of nitrogens with zero attached hydrogens (tertiary/aromatic N) is 6. The van der Waals surface area contributed by atoms with Crippen LogP contribution < -0.4 is 4.74 Å². The molecule has 33 heavy (non-hydrogen) atoms. The highest BCUT2D eigenvalue weighted by atomic mass is 19.1. The molecule has 0 saturated heterocycles. The van der Waals surface area contributed by atoms with Crippen LogP contribution >= 0.6 is 0 Å². The number of fused-ring (bicyclic) bond motifs is 2. The van der Waals surface area contributed by atoms with Gasteiger partial charge in [0.1, 0.15) is 23.7 Å². The number of likely N-dealkylation sites (N-methyl/N-ethyl adjacent to an activating group) is 1. The van der Waals surface area contributed by atoms with E-state index in [1.165, 1.54) is 6.07 Å². The van der Waals surface area contributed by atoms with Crippen molar-refractivity contribution >= 4 is 17.1 Å². The fraction of sp³-hybridized carbons (Fsp3) is 0.417. The number of carbonyl (C=O) groups is 1. The summed E-state index contributed by atoms with van der Waals surface area (Å²) in [6.07, 6.45) is 8.13. The molecule has 172 valence electrons. The summed E-state index contributed by atoms with van der Waals surface area (Å²) in [4.78, 5) is 20.8. The van der Waals surface area contributed by atoms with Gasteiger partial charge in [0.15, 0.2) is 5.65 Å². The smallest absolute Gasteiger partial charge is 0.237 e. The van der Waals surface area contributed by atoms with Crippen molar-refractivity contribution in [2.75, 3.05) is 40.3 Å². The van der Waals surface area contributed by atoms with Crippen molar-refractivity contribution in [3.8, 4) is 5.75 Å². The highest BCUT2D eigenvalue weighted by Gasteiger charge is 2.22. The van der Waals surface area contributed by atoms with Gasteiger partial charge in [-0.15, -0.1) is 10.2 Å². The predicted octanol–water partition coefficient (Wildman–Crippen LogP) is 2.16. The standard InChI is InChI=1S/C24H27FN6O2/c1-29(2)14-23(32)30-10-7-16(8-11-30)19-13-26-22(31-15-27-28-24(19)31)6-3-17-18-9-12-33-21(18)5-4-20(17)25/h4-5,7,13,15H,3,6,8-12,14H2,1-2H3. The molecule has 0 saturated carbocycles. The molecular weight excluding hydrogens is 423 g/mol.